The van der Waals surface area contributed by atoms with Crippen LogP contribution in [0.3, 0.4) is 0 Å². The van der Waals surface area contributed by atoms with Gasteiger partial charge in [-0.3, -0.25) is 0 Å². The van der Waals surface area contributed by atoms with Crippen molar-refractivity contribution in [3.63, 3.8) is 0 Å². The van der Waals surface area contributed by atoms with Crippen molar-refractivity contribution in [2.24, 2.45) is 0 Å². The number of ether oxygens (including phenoxy) is 1. The summed E-state index contributed by atoms with van der Waals surface area (Å²) in [5.74, 6) is 0.525. The van der Waals surface area contributed by atoms with E-state index in [4.69, 9.17) is 4.74 Å². The number of fused-ring (bicyclic) bond motifs is 1. The van der Waals surface area contributed by atoms with Crippen LogP contribution in [-0.2, 0) is 0 Å². The van der Waals surface area contributed by atoms with Crippen LogP contribution < -0.4 is 10.1 Å². The number of halogens is 1. The Morgan fingerprint density at radius 3 is 3.07 bits per heavy atom. The lowest BCUT2D eigenvalue weighted by Gasteiger charge is -2.00. The molecular formula is C10H9BrN2O2. The van der Waals surface area contributed by atoms with Gasteiger partial charge in [-0.15, -0.1) is 0 Å². The normalized spacial score (nSPS) is 10.3. The maximum atomic E-state index is 11.0. The molecule has 1 aromatic carbocycles. The zero-order valence-electron chi connectivity index (χ0n) is 8.00. The molecule has 0 aliphatic rings. The molecule has 0 unspecified atom stereocenters. The van der Waals surface area contributed by atoms with Gasteiger partial charge in [0.25, 0.3) is 0 Å². The predicted octanol–water partition coefficient (Wildman–Crippen LogP) is 2.65. The quantitative estimate of drug-likeness (QED) is 0.836. The Bertz CT molecular complexity index is 507. The first-order valence-corrected chi connectivity index (χ1v) is 5.16. The van der Waals surface area contributed by atoms with Crippen LogP contribution >= 0.6 is 15.9 Å². The van der Waals surface area contributed by atoms with Gasteiger partial charge in [-0.1, -0.05) is 15.9 Å². The third-order valence-electron chi connectivity index (χ3n) is 2.01. The average Bonchev–Trinajstić information content (AvgIpc) is 2.60. The van der Waals surface area contributed by atoms with E-state index in [1.807, 2.05) is 18.2 Å². The van der Waals surface area contributed by atoms with Crippen LogP contribution in [0.1, 0.15) is 0 Å². The number of amides is 1. The smallest absolute Gasteiger partial charge is 0.408 e. The van der Waals surface area contributed by atoms with E-state index in [0.29, 0.717) is 5.75 Å². The van der Waals surface area contributed by atoms with Crippen LogP contribution in [0.4, 0.5) is 4.79 Å². The van der Waals surface area contributed by atoms with Crippen LogP contribution in [0.2, 0.25) is 0 Å². The molecule has 0 aliphatic carbocycles. The summed E-state index contributed by atoms with van der Waals surface area (Å²) in [6.45, 7) is 0. The molecule has 0 bridgehead atoms. The Labute approximate surface area is 94.7 Å². The van der Waals surface area contributed by atoms with E-state index in [0.717, 1.165) is 15.4 Å². The number of H-pyrrole nitrogens is 1. The lowest BCUT2D eigenvalue weighted by molar-refractivity contribution is 0.203. The summed E-state index contributed by atoms with van der Waals surface area (Å²) < 4.78 is 6.04. The van der Waals surface area contributed by atoms with E-state index in [1.54, 1.807) is 6.20 Å². The van der Waals surface area contributed by atoms with Gasteiger partial charge in [-0.25, -0.2) is 4.79 Å². The van der Waals surface area contributed by atoms with Crippen molar-refractivity contribution in [3.8, 4) is 5.75 Å². The Morgan fingerprint density at radius 2 is 2.33 bits per heavy atom. The summed E-state index contributed by atoms with van der Waals surface area (Å²) in [5.41, 5.74) is 0.920. The van der Waals surface area contributed by atoms with E-state index in [2.05, 4.69) is 26.2 Å². The summed E-state index contributed by atoms with van der Waals surface area (Å²) in [6.07, 6.45) is 1.19. The number of rotatable bonds is 1. The summed E-state index contributed by atoms with van der Waals surface area (Å²) >= 11 is 3.37. The summed E-state index contributed by atoms with van der Waals surface area (Å²) in [6, 6.07) is 5.70. The fourth-order valence-electron chi connectivity index (χ4n) is 1.31. The largest absolute Gasteiger partial charge is 0.412 e. The van der Waals surface area contributed by atoms with Gasteiger partial charge in [-0.2, -0.15) is 0 Å². The highest BCUT2D eigenvalue weighted by molar-refractivity contribution is 9.10. The molecule has 1 aromatic heterocycles. The van der Waals surface area contributed by atoms with Gasteiger partial charge < -0.3 is 15.0 Å². The highest BCUT2D eigenvalue weighted by Gasteiger charge is 2.08. The van der Waals surface area contributed by atoms with Crippen LogP contribution in [0, 0.1) is 0 Å². The maximum absolute atomic E-state index is 11.0. The van der Waals surface area contributed by atoms with Crippen molar-refractivity contribution in [3.05, 3.63) is 28.9 Å². The molecule has 0 radical (unpaired) electrons. The van der Waals surface area contributed by atoms with Crippen LogP contribution in [0.15, 0.2) is 28.9 Å². The van der Waals surface area contributed by atoms with Crippen LogP contribution in [-0.4, -0.2) is 18.1 Å². The van der Waals surface area contributed by atoms with E-state index < -0.39 is 6.09 Å². The molecule has 0 aliphatic heterocycles. The monoisotopic (exact) mass is 268 g/mol. The number of carbonyl (C=O) groups is 1. The van der Waals surface area contributed by atoms with Crippen molar-refractivity contribution in [1.82, 2.24) is 10.3 Å². The minimum absolute atomic E-state index is 0.473. The molecule has 2 N–H and O–H groups in total. The highest BCUT2D eigenvalue weighted by atomic mass is 79.9. The van der Waals surface area contributed by atoms with E-state index >= 15 is 0 Å². The minimum atomic E-state index is -0.473. The third kappa shape index (κ3) is 1.97. The molecule has 1 heterocycles. The van der Waals surface area contributed by atoms with Crippen molar-refractivity contribution in [1.29, 1.82) is 0 Å². The number of hydrogen-bond donors (Lipinski definition) is 2. The minimum Gasteiger partial charge on any atom is -0.408 e. The number of hydrogen-bond acceptors (Lipinski definition) is 2. The molecule has 4 nitrogen and oxygen atoms in total. The lowest BCUT2D eigenvalue weighted by atomic mass is 10.2. The Hall–Kier alpha value is -1.49. The van der Waals surface area contributed by atoms with Crippen molar-refractivity contribution in [2.45, 2.75) is 0 Å². The second-order valence-electron chi connectivity index (χ2n) is 2.98. The van der Waals surface area contributed by atoms with Crippen molar-refractivity contribution in [2.75, 3.05) is 7.05 Å². The molecule has 2 aromatic rings. The zero-order valence-corrected chi connectivity index (χ0v) is 9.59. The van der Waals surface area contributed by atoms with Gasteiger partial charge in [-0.05, 0) is 18.2 Å². The fourth-order valence-corrected chi connectivity index (χ4v) is 1.67. The molecule has 5 heteroatoms. The van der Waals surface area contributed by atoms with E-state index in [-0.39, 0.29) is 0 Å². The molecule has 15 heavy (non-hydrogen) atoms. The molecule has 78 valence electrons. The second-order valence-corrected chi connectivity index (χ2v) is 3.90. The molecule has 0 fully saturated rings. The Balaban J connectivity index is 2.41. The third-order valence-corrected chi connectivity index (χ3v) is 2.51. The number of nitrogens with one attached hydrogen (secondary N) is 2. The summed E-state index contributed by atoms with van der Waals surface area (Å²) in [4.78, 5) is 14.1. The molecule has 2 rings (SSSR count). The first-order chi connectivity index (χ1) is 7.20. The summed E-state index contributed by atoms with van der Waals surface area (Å²) in [5, 5.41) is 3.27. The number of benzene rings is 1. The number of carbonyl (C=O) groups excluding carboxylic acids is 1. The van der Waals surface area contributed by atoms with E-state index in [1.165, 1.54) is 7.05 Å². The maximum Gasteiger partial charge on any atom is 0.412 e. The molecule has 0 saturated carbocycles. The predicted molar refractivity (Wildman–Crippen MR) is 61.1 cm³/mol. The molecule has 1 amide bonds. The SMILES string of the molecule is CNC(=O)Oc1c[nH]c2cc(Br)ccc12. The first-order valence-electron chi connectivity index (χ1n) is 4.37. The average molecular weight is 269 g/mol. The van der Waals surface area contributed by atoms with Gasteiger partial charge in [0.15, 0.2) is 5.75 Å². The first kappa shape index (κ1) is 10.0. The van der Waals surface area contributed by atoms with Crippen LogP contribution in [0.5, 0.6) is 5.75 Å². The Kier molecular flexibility index (Phi) is 2.64. The number of aromatic nitrogens is 1. The molecule has 0 saturated heterocycles. The van der Waals surface area contributed by atoms with E-state index in [9.17, 15) is 4.79 Å². The van der Waals surface area contributed by atoms with Gasteiger partial charge in [0.05, 0.1) is 5.52 Å². The lowest BCUT2D eigenvalue weighted by Crippen LogP contribution is -2.21. The topological polar surface area (TPSA) is 54.1 Å². The second kappa shape index (κ2) is 3.94. The fraction of sp³-hybridized carbons (Fsp3) is 0.100. The zero-order chi connectivity index (χ0) is 10.8. The van der Waals surface area contributed by atoms with Crippen molar-refractivity contribution >= 4 is 32.9 Å². The van der Waals surface area contributed by atoms with Crippen molar-refractivity contribution < 1.29 is 9.53 Å². The highest BCUT2D eigenvalue weighted by Crippen LogP contribution is 2.27. The molecule has 0 atom stereocenters. The molecular weight excluding hydrogens is 260 g/mol. The van der Waals surface area contributed by atoms with Gasteiger partial charge in [0.1, 0.15) is 0 Å². The van der Waals surface area contributed by atoms with Crippen LogP contribution in [0.25, 0.3) is 10.9 Å². The Morgan fingerprint density at radius 1 is 1.53 bits per heavy atom. The molecule has 0 spiro atoms. The van der Waals surface area contributed by atoms with Gasteiger partial charge >= 0.3 is 6.09 Å². The van der Waals surface area contributed by atoms with Gasteiger partial charge in [0.2, 0.25) is 0 Å². The van der Waals surface area contributed by atoms with Gasteiger partial charge in [0, 0.05) is 23.1 Å². The standard InChI is InChI=1S/C10H9BrN2O2/c1-12-10(14)15-9-5-13-8-4-6(11)2-3-7(8)9/h2-5,13H,1H3,(H,12,14). The number of aromatic amines is 1. The summed E-state index contributed by atoms with van der Waals surface area (Å²) in [7, 11) is 1.52.